The van der Waals surface area contributed by atoms with E-state index in [-0.39, 0.29) is 0 Å². The Labute approximate surface area is 110 Å². The van der Waals surface area contributed by atoms with Crippen LogP contribution in [-0.4, -0.2) is 10.1 Å². The van der Waals surface area contributed by atoms with Crippen molar-refractivity contribution in [2.45, 2.75) is 12.8 Å². The normalized spacial score (nSPS) is 10.7. The van der Waals surface area contributed by atoms with Gasteiger partial charge in [-0.2, -0.15) is 4.98 Å². The Hall–Kier alpha value is -2.56. The molecule has 96 valence electrons. The zero-order chi connectivity index (χ0) is 13.1. The van der Waals surface area contributed by atoms with E-state index in [0.717, 1.165) is 12.1 Å². The van der Waals surface area contributed by atoms with Crippen molar-refractivity contribution in [3.05, 3.63) is 54.1 Å². The summed E-state index contributed by atoms with van der Waals surface area (Å²) in [4.78, 5) is 4.29. The van der Waals surface area contributed by atoms with Crippen molar-refractivity contribution in [1.29, 1.82) is 0 Å². The van der Waals surface area contributed by atoms with Gasteiger partial charge in [0.15, 0.2) is 5.76 Å². The standard InChI is InChI=1S/C14H13N3O2/c15-11-6-3-10(4-7-11)5-8-13-16-14(17-19-13)12-2-1-9-18-12/h1-4,6-7,9H,5,8,15H2. The Morgan fingerprint density at radius 3 is 2.63 bits per heavy atom. The van der Waals surface area contributed by atoms with Crippen LogP contribution in [0.4, 0.5) is 5.69 Å². The van der Waals surface area contributed by atoms with E-state index >= 15 is 0 Å². The first-order valence-corrected chi connectivity index (χ1v) is 6.02. The number of aryl methyl sites for hydroxylation is 2. The number of nitrogen functional groups attached to an aromatic ring is 1. The van der Waals surface area contributed by atoms with Crippen LogP contribution < -0.4 is 5.73 Å². The molecule has 0 spiro atoms. The number of rotatable bonds is 4. The zero-order valence-electron chi connectivity index (χ0n) is 10.2. The second-order valence-corrected chi connectivity index (χ2v) is 4.23. The topological polar surface area (TPSA) is 78.1 Å². The molecule has 2 heterocycles. The van der Waals surface area contributed by atoms with Crippen LogP contribution in [0.2, 0.25) is 0 Å². The van der Waals surface area contributed by atoms with Crippen LogP contribution in [-0.2, 0) is 12.8 Å². The van der Waals surface area contributed by atoms with Gasteiger partial charge in [-0.25, -0.2) is 0 Å². The molecule has 5 nitrogen and oxygen atoms in total. The summed E-state index contributed by atoms with van der Waals surface area (Å²) in [6.07, 6.45) is 3.11. The van der Waals surface area contributed by atoms with Crippen LogP contribution in [0.15, 0.2) is 51.6 Å². The van der Waals surface area contributed by atoms with E-state index in [4.69, 9.17) is 14.7 Å². The molecule has 2 aromatic heterocycles. The van der Waals surface area contributed by atoms with Crippen molar-refractivity contribution < 1.29 is 8.94 Å². The van der Waals surface area contributed by atoms with Crippen molar-refractivity contribution in [1.82, 2.24) is 10.1 Å². The molecule has 0 saturated carbocycles. The summed E-state index contributed by atoms with van der Waals surface area (Å²) in [7, 11) is 0. The quantitative estimate of drug-likeness (QED) is 0.725. The van der Waals surface area contributed by atoms with Crippen molar-refractivity contribution in [3.8, 4) is 11.6 Å². The third-order valence-electron chi connectivity index (χ3n) is 2.82. The first-order chi connectivity index (χ1) is 9.31. The third-order valence-corrected chi connectivity index (χ3v) is 2.82. The highest BCUT2D eigenvalue weighted by Gasteiger charge is 2.10. The number of benzene rings is 1. The van der Waals surface area contributed by atoms with Crippen molar-refractivity contribution in [2.75, 3.05) is 5.73 Å². The molecule has 2 N–H and O–H groups in total. The maximum absolute atomic E-state index is 5.64. The van der Waals surface area contributed by atoms with E-state index in [1.54, 1.807) is 18.4 Å². The fraction of sp³-hybridized carbons (Fsp3) is 0.143. The van der Waals surface area contributed by atoms with E-state index in [1.807, 2.05) is 24.3 Å². The highest BCUT2D eigenvalue weighted by molar-refractivity contribution is 5.44. The van der Waals surface area contributed by atoms with Gasteiger partial charge in [0.25, 0.3) is 0 Å². The van der Waals surface area contributed by atoms with E-state index < -0.39 is 0 Å². The molecule has 3 aromatic rings. The fourth-order valence-electron chi connectivity index (χ4n) is 1.80. The molecule has 0 fully saturated rings. The van der Waals surface area contributed by atoms with Crippen LogP contribution in [0.25, 0.3) is 11.6 Å². The smallest absolute Gasteiger partial charge is 0.238 e. The van der Waals surface area contributed by atoms with Gasteiger partial charge >= 0.3 is 0 Å². The second kappa shape index (κ2) is 4.97. The molecule has 0 aliphatic rings. The predicted octanol–water partition coefficient (Wildman–Crippen LogP) is 2.70. The predicted molar refractivity (Wildman–Crippen MR) is 70.3 cm³/mol. The Balaban J connectivity index is 1.66. The summed E-state index contributed by atoms with van der Waals surface area (Å²) in [6, 6.07) is 11.4. The van der Waals surface area contributed by atoms with Gasteiger partial charge < -0.3 is 14.7 Å². The van der Waals surface area contributed by atoms with E-state index in [9.17, 15) is 0 Å². The zero-order valence-corrected chi connectivity index (χ0v) is 10.2. The van der Waals surface area contributed by atoms with Crippen molar-refractivity contribution >= 4 is 5.69 Å². The lowest BCUT2D eigenvalue weighted by atomic mass is 10.1. The van der Waals surface area contributed by atoms with Gasteiger partial charge in [0.2, 0.25) is 11.7 Å². The Bertz CT molecular complexity index is 642. The Morgan fingerprint density at radius 2 is 1.89 bits per heavy atom. The van der Waals surface area contributed by atoms with Gasteiger partial charge in [0, 0.05) is 12.1 Å². The highest BCUT2D eigenvalue weighted by Crippen LogP contribution is 2.16. The molecule has 0 atom stereocenters. The number of furan rings is 1. The average molecular weight is 255 g/mol. The maximum atomic E-state index is 5.64. The highest BCUT2D eigenvalue weighted by atomic mass is 16.5. The monoisotopic (exact) mass is 255 g/mol. The fourth-order valence-corrected chi connectivity index (χ4v) is 1.80. The van der Waals surface area contributed by atoms with Crippen LogP contribution >= 0.6 is 0 Å². The summed E-state index contributed by atoms with van der Waals surface area (Å²) in [5.74, 6) is 1.70. The Morgan fingerprint density at radius 1 is 1.05 bits per heavy atom. The number of hydrogen-bond donors (Lipinski definition) is 1. The molecule has 0 saturated heterocycles. The summed E-state index contributed by atoms with van der Waals surface area (Å²) in [6.45, 7) is 0. The summed E-state index contributed by atoms with van der Waals surface area (Å²) < 4.78 is 10.4. The molecule has 0 radical (unpaired) electrons. The SMILES string of the molecule is Nc1ccc(CCc2nc(-c3ccco3)no2)cc1. The largest absolute Gasteiger partial charge is 0.461 e. The Kier molecular flexibility index (Phi) is 3.02. The number of anilines is 1. The molecule has 3 rings (SSSR count). The van der Waals surface area contributed by atoms with Gasteiger partial charge in [-0.15, -0.1) is 0 Å². The maximum Gasteiger partial charge on any atom is 0.238 e. The molecule has 0 amide bonds. The summed E-state index contributed by atoms with van der Waals surface area (Å²) in [5.41, 5.74) is 7.59. The van der Waals surface area contributed by atoms with Crippen molar-refractivity contribution in [2.24, 2.45) is 0 Å². The van der Waals surface area contributed by atoms with E-state index in [1.165, 1.54) is 5.56 Å². The molecule has 0 aliphatic heterocycles. The van der Waals surface area contributed by atoms with Crippen LogP contribution in [0, 0.1) is 0 Å². The first kappa shape index (κ1) is 11.5. The number of nitrogens with zero attached hydrogens (tertiary/aromatic N) is 2. The average Bonchev–Trinajstić information content (AvgIpc) is 3.09. The minimum atomic E-state index is 0.484. The molecular weight excluding hydrogens is 242 g/mol. The van der Waals surface area contributed by atoms with Gasteiger partial charge in [-0.05, 0) is 36.2 Å². The van der Waals surface area contributed by atoms with Gasteiger partial charge in [-0.1, -0.05) is 17.3 Å². The summed E-state index contributed by atoms with van der Waals surface area (Å²) in [5, 5.41) is 3.89. The van der Waals surface area contributed by atoms with E-state index in [0.29, 0.717) is 23.9 Å². The first-order valence-electron chi connectivity index (χ1n) is 6.02. The van der Waals surface area contributed by atoms with Gasteiger partial charge in [-0.3, -0.25) is 0 Å². The molecule has 1 aromatic carbocycles. The number of hydrogen-bond acceptors (Lipinski definition) is 5. The number of aromatic nitrogens is 2. The van der Waals surface area contributed by atoms with Gasteiger partial charge in [0.1, 0.15) is 0 Å². The third kappa shape index (κ3) is 2.65. The van der Waals surface area contributed by atoms with E-state index in [2.05, 4.69) is 10.1 Å². The second-order valence-electron chi connectivity index (χ2n) is 4.23. The lowest BCUT2D eigenvalue weighted by molar-refractivity contribution is 0.377. The summed E-state index contributed by atoms with van der Waals surface area (Å²) >= 11 is 0. The number of nitrogens with two attached hydrogens (primary N) is 1. The molecule has 19 heavy (non-hydrogen) atoms. The minimum absolute atomic E-state index is 0.484. The lowest BCUT2D eigenvalue weighted by Gasteiger charge is -1.98. The minimum Gasteiger partial charge on any atom is -0.461 e. The van der Waals surface area contributed by atoms with Gasteiger partial charge in [0.05, 0.1) is 6.26 Å². The van der Waals surface area contributed by atoms with Crippen LogP contribution in [0.5, 0.6) is 0 Å². The van der Waals surface area contributed by atoms with Crippen LogP contribution in [0.1, 0.15) is 11.5 Å². The van der Waals surface area contributed by atoms with Crippen molar-refractivity contribution in [3.63, 3.8) is 0 Å². The molecule has 5 heteroatoms. The molecule has 0 unspecified atom stereocenters. The lowest BCUT2D eigenvalue weighted by Crippen LogP contribution is -1.92. The van der Waals surface area contributed by atoms with Crippen LogP contribution in [0.3, 0.4) is 0 Å². The molecule has 0 aliphatic carbocycles. The molecule has 0 bridgehead atoms. The molecular formula is C14H13N3O2.